The predicted octanol–water partition coefficient (Wildman–Crippen LogP) is 2.17. The number of primary amides is 1. The minimum absolute atomic E-state index is 0.138. The van der Waals surface area contributed by atoms with E-state index in [1.165, 1.54) is 7.11 Å². The number of benzene rings is 2. The molecule has 9 heteroatoms. The molecule has 0 radical (unpaired) electrons. The zero-order valence-electron chi connectivity index (χ0n) is 19.2. The molecule has 0 bridgehead atoms. The molecule has 1 saturated heterocycles. The van der Waals surface area contributed by atoms with Crippen LogP contribution < -0.4 is 26.8 Å². The molecule has 2 amide bonds. The zero-order valence-corrected chi connectivity index (χ0v) is 19.2. The molecule has 1 atom stereocenters. The van der Waals surface area contributed by atoms with Gasteiger partial charge in [0.15, 0.2) is 5.82 Å². The Morgan fingerprint density at radius 1 is 1.21 bits per heavy atom. The highest BCUT2D eigenvalue weighted by Crippen LogP contribution is 2.29. The average molecular weight is 463 g/mol. The number of rotatable bonds is 8. The third kappa shape index (κ3) is 5.04. The second-order valence-electron chi connectivity index (χ2n) is 8.45. The van der Waals surface area contributed by atoms with E-state index in [1.54, 1.807) is 22.9 Å². The van der Waals surface area contributed by atoms with Gasteiger partial charge in [0.05, 0.1) is 18.4 Å². The molecule has 6 N–H and O–H groups in total. The number of methoxy groups -OCH3 is 1. The summed E-state index contributed by atoms with van der Waals surface area (Å²) in [6, 6.07) is 14.7. The van der Waals surface area contributed by atoms with Crippen molar-refractivity contribution in [2.45, 2.75) is 25.9 Å². The van der Waals surface area contributed by atoms with Crippen molar-refractivity contribution in [2.75, 3.05) is 25.9 Å². The highest BCUT2D eigenvalue weighted by molar-refractivity contribution is 6.03. The van der Waals surface area contributed by atoms with Crippen LogP contribution in [0.15, 0.2) is 48.5 Å². The van der Waals surface area contributed by atoms with Crippen LogP contribution in [-0.4, -0.2) is 41.8 Å². The van der Waals surface area contributed by atoms with Gasteiger partial charge in [-0.2, -0.15) is 5.10 Å². The summed E-state index contributed by atoms with van der Waals surface area (Å²) in [4.78, 5) is 24.7. The fraction of sp³-hybridized carbons (Fsp3) is 0.320. The van der Waals surface area contributed by atoms with Gasteiger partial charge in [0.25, 0.3) is 11.8 Å². The van der Waals surface area contributed by atoms with Crippen LogP contribution in [0.25, 0.3) is 11.3 Å². The third-order valence-electron chi connectivity index (χ3n) is 6.09. The van der Waals surface area contributed by atoms with Crippen LogP contribution in [0.2, 0.25) is 0 Å². The summed E-state index contributed by atoms with van der Waals surface area (Å²) >= 11 is 0. The lowest BCUT2D eigenvalue weighted by Gasteiger charge is -2.23. The molecule has 9 nitrogen and oxygen atoms in total. The number of nitrogens with two attached hydrogens (primary N) is 2. The molecule has 2 heterocycles. The molecular weight excluding hydrogens is 432 g/mol. The summed E-state index contributed by atoms with van der Waals surface area (Å²) in [5.41, 5.74) is 14.8. The molecule has 0 spiro atoms. The first-order valence-corrected chi connectivity index (χ1v) is 11.3. The molecule has 1 aliphatic rings. The number of anilines is 1. The molecule has 3 aromatic rings. The van der Waals surface area contributed by atoms with Crippen LogP contribution in [0.4, 0.5) is 5.82 Å². The number of carbonyl (C=O) groups excluding carboxylic acids is 2. The number of aromatic nitrogens is 2. The second-order valence-corrected chi connectivity index (χ2v) is 8.45. The Morgan fingerprint density at radius 2 is 1.97 bits per heavy atom. The van der Waals surface area contributed by atoms with Crippen molar-refractivity contribution < 1.29 is 14.3 Å². The largest absolute Gasteiger partial charge is 0.496 e. The van der Waals surface area contributed by atoms with Gasteiger partial charge in [-0.05, 0) is 49.5 Å². The minimum Gasteiger partial charge on any atom is -0.496 e. The van der Waals surface area contributed by atoms with Crippen molar-refractivity contribution in [1.29, 1.82) is 0 Å². The monoisotopic (exact) mass is 462 g/mol. The van der Waals surface area contributed by atoms with Gasteiger partial charge in [-0.15, -0.1) is 0 Å². The summed E-state index contributed by atoms with van der Waals surface area (Å²) in [6.07, 6.45) is 2.19. The van der Waals surface area contributed by atoms with Gasteiger partial charge < -0.3 is 26.8 Å². The summed E-state index contributed by atoms with van der Waals surface area (Å²) in [5, 5.41) is 10.7. The van der Waals surface area contributed by atoms with Gasteiger partial charge in [-0.1, -0.05) is 36.4 Å². The number of hydrogen-bond acceptors (Lipinski definition) is 6. The maximum atomic E-state index is 12.6. The van der Waals surface area contributed by atoms with Crippen LogP contribution in [0, 0.1) is 5.92 Å². The molecule has 0 aliphatic carbocycles. The van der Waals surface area contributed by atoms with E-state index in [-0.39, 0.29) is 17.3 Å². The van der Waals surface area contributed by atoms with Crippen molar-refractivity contribution >= 4 is 17.6 Å². The Labute approximate surface area is 198 Å². The molecule has 1 fully saturated rings. The van der Waals surface area contributed by atoms with Crippen LogP contribution in [0.5, 0.6) is 5.75 Å². The Bertz CT molecular complexity index is 1170. The van der Waals surface area contributed by atoms with Crippen LogP contribution in [-0.2, 0) is 13.1 Å². The quantitative estimate of drug-likeness (QED) is 0.405. The fourth-order valence-corrected chi connectivity index (χ4v) is 4.36. The summed E-state index contributed by atoms with van der Waals surface area (Å²) in [7, 11) is 1.54. The second kappa shape index (κ2) is 10.4. The first kappa shape index (κ1) is 23.3. The van der Waals surface area contributed by atoms with E-state index in [1.807, 2.05) is 30.3 Å². The minimum atomic E-state index is -0.603. The van der Waals surface area contributed by atoms with Crippen molar-refractivity contribution in [3.8, 4) is 17.0 Å². The topological polar surface area (TPSA) is 137 Å². The number of para-hydroxylation sites is 1. The van der Waals surface area contributed by atoms with E-state index in [9.17, 15) is 9.59 Å². The number of ether oxygens (including phenoxy) is 1. The molecular formula is C25H30N6O3. The lowest BCUT2D eigenvalue weighted by molar-refractivity contribution is 0.0946. The molecule has 4 rings (SSSR count). The summed E-state index contributed by atoms with van der Waals surface area (Å²) in [6.45, 7) is 2.91. The highest BCUT2D eigenvalue weighted by atomic mass is 16.5. The van der Waals surface area contributed by atoms with Crippen LogP contribution >= 0.6 is 0 Å². The number of nitrogens with zero attached hydrogens (tertiary/aromatic N) is 2. The Morgan fingerprint density at radius 3 is 2.65 bits per heavy atom. The number of hydrogen-bond donors (Lipinski definition) is 4. The van der Waals surface area contributed by atoms with Crippen LogP contribution in [0.1, 0.15) is 39.1 Å². The van der Waals surface area contributed by atoms with Gasteiger partial charge in [-0.3, -0.25) is 14.3 Å². The Kier molecular flexibility index (Phi) is 7.12. The maximum absolute atomic E-state index is 12.6. The molecule has 178 valence electrons. The SMILES string of the molecule is COc1ccccc1C(=O)NCc1ccc(-c2c(C(N)=O)c(N)nn2C[C@H]2CCCNC2)cc1. The third-order valence-corrected chi connectivity index (χ3v) is 6.09. The average Bonchev–Trinajstić information content (AvgIpc) is 3.19. The first-order valence-electron chi connectivity index (χ1n) is 11.3. The maximum Gasteiger partial charge on any atom is 0.255 e. The molecule has 0 unspecified atom stereocenters. The lowest BCUT2D eigenvalue weighted by atomic mass is 9.99. The van der Waals surface area contributed by atoms with Crippen molar-refractivity contribution in [1.82, 2.24) is 20.4 Å². The summed E-state index contributed by atoms with van der Waals surface area (Å²) in [5.74, 6) is 0.239. The normalized spacial score (nSPS) is 15.6. The molecule has 1 aromatic heterocycles. The molecule has 2 aromatic carbocycles. The van der Waals surface area contributed by atoms with Gasteiger partial charge >= 0.3 is 0 Å². The molecule has 0 saturated carbocycles. The van der Waals surface area contributed by atoms with Crippen molar-refractivity contribution in [3.63, 3.8) is 0 Å². The lowest BCUT2D eigenvalue weighted by Crippen LogP contribution is -2.32. The number of amides is 2. The fourth-order valence-electron chi connectivity index (χ4n) is 4.36. The van der Waals surface area contributed by atoms with E-state index >= 15 is 0 Å². The standard InChI is InChI=1S/C25H30N6O3/c1-34-20-7-3-2-6-19(20)25(33)29-14-16-8-10-18(11-9-16)22-21(24(27)32)23(26)30-31(22)15-17-5-4-12-28-13-17/h2-3,6-11,17,28H,4-5,12-15H2,1H3,(H2,26,30)(H2,27,32)(H,29,33)/t17-/m0/s1. The van der Waals surface area contributed by atoms with Crippen molar-refractivity contribution in [2.24, 2.45) is 11.7 Å². The van der Waals surface area contributed by atoms with Gasteiger partial charge in [0, 0.05) is 18.7 Å². The van der Waals surface area contributed by atoms with E-state index in [4.69, 9.17) is 16.2 Å². The summed E-state index contributed by atoms with van der Waals surface area (Å²) < 4.78 is 7.06. The van der Waals surface area contributed by atoms with Gasteiger partial charge in [-0.25, -0.2) is 0 Å². The predicted molar refractivity (Wildman–Crippen MR) is 130 cm³/mol. The number of carbonyl (C=O) groups is 2. The van der Waals surface area contributed by atoms with Gasteiger partial charge in [0.1, 0.15) is 11.3 Å². The zero-order chi connectivity index (χ0) is 24.1. The Hall–Kier alpha value is -3.85. The number of piperidine rings is 1. The number of nitrogen functional groups attached to an aromatic ring is 1. The molecule has 1 aliphatic heterocycles. The van der Waals surface area contributed by atoms with E-state index in [0.29, 0.717) is 36.0 Å². The van der Waals surface area contributed by atoms with E-state index in [2.05, 4.69) is 15.7 Å². The van der Waals surface area contributed by atoms with E-state index in [0.717, 1.165) is 37.1 Å². The smallest absolute Gasteiger partial charge is 0.255 e. The number of nitrogens with one attached hydrogen (secondary N) is 2. The first-order chi connectivity index (χ1) is 16.5. The molecule has 34 heavy (non-hydrogen) atoms. The van der Waals surface area contributed by atoms with E-state index < -0.39 is 5.91 Å². The highest BCUT2D eigenvalue weighted by Gasteiger charge is 2.24. The van der Waals surface area contributed by atoms with Crippen LogP contribution in [0.3, 0.4) is 0 Å². The van der Waals surface area contributed by atoms with Gasteiger partial charge in [0.2, 0.25) is 0 Å². The Balaban J connectivity index is 1.52. The van der Waals surface area contributed by atoms with Crippen molar-refractivity contribution in [3.05, 3.63) is 65.2 Å².